The van der Waals surface area contributed by atoms with Gasteiger partial charge in [0.05, 0.1) is 23.0 Å². The van der Waals surface area contributed by atoms with E-state index < -0.39 is 33.1 Å². The Balaban J connectivity index is 1.72. The van der Waals surface area contributed by atoms with E-state index in [0.717, 1.165) is 11.6 Å². The average molecular weight is 464 g/mol. The van der Waals surface area contributed by atoms with Crippen molar-refractivity contribution >= 4 is 27.3 Å². The molecular weight excluding hydrogens is 438 g/mol. The van der Waals surface area contributed by atoms with Gasteiger partial charge in [-0.1, -0.05) is 26.0 Å². The quantitative estimate of drug-likeness (QED) is 0.471. The second-order valence-electron chi connectivity index (χ2n) is 7.52. The molecule has 1 N–H and O–H groups in total. The van der Waals surface area contributed by atoms with Gasteiger partial charge in [-0.2, -0.15) is 4.31 Å². The summed E-state index contributed by atoms with van der Waals surface area (Å²) in [7, 11) is -3.90. The Kier molecular flexibility index (Phi) is 7.44. The highest BCUT2D eigenvalue weighted by Crippen LogP contribution is 2.31. The van der Waals surface area contributed by atoms with E-state index in [0.29, 0.717) is 5.69 Å². The van der Waals surface area contributed by atoms with Gasteiger partial charge in [0.2, 0.25) is 10.0 Å². The average Bonchev–Trinajstić information content (AvgIpc) is 2.78. The van der Waals surface area contributed by atoms with Crippen LogP contribution in [0.15, 0.2) is 47.4 Å². The Hall–Kier alpha value is -3.02. The van der Waals surface area contributed by atoms with Crippen LogP contribution in [0.4, 0.5) is 11.4 Å². The van der Waals surface area contributed by atoms with Crippen LogP contribution in [0.25, 0.3) is 0 Å². The first-order chi connectivity index (χ1) is 15.2. The number of amides is 1. The van der Waals surface area contributed by atoms with Crippen molar-refractivity contribution in [2.24, 2.45) is 0 Å². The topological polar surface area (TPSA) is 128 Å². The van der Waals surface area contributed by atoms with Crippen molar-refractivity contribution < 1.29 is 27.6 Å². The van der Waals surface area contributed by atoms with Gasteiger partial charge in [-0.3, -0.25) is 14.9 Å². The fourth-order valence-corrected chi connectivity index (χ4v) is 4.60. The van der Waals surface area contributed by atoms with E-state index >= 15 is 0 Å². The van der Waals surface area contributed by atoms with Crippen LogP contribution in [0.2, 0.25) is 0 Å². The molecule has 0 aliphatic carbocycles. The lowest BCUT2D eigenvalue weighted by atomic mass is 10.0. The van der Waals surface area contributed by atoms with Crippen molar-refractivity contribution in [1.29, 1.82) is 0 Å². The highest BCUT2D eigenvalue weighted by molar-refractivity contribution is 7.89. The van der Waals surface area contributed by atoms with E-state index in [1.807, 2.05) is 32.0 Å². The van der Waals surface area contributed by atoms with Crippen molar-refractivity contribution in [1.82, 2.24) is 4.31 Å². The summed E-state index contributed by atoms with van der Waals surface area (Å²) in [4.78, 5) is 22.8. The van der Waals surface area contributed by atoms with E-state index in [-0.39, 0.29) is 42.9 Å². The predicted octanol–water partition coefficient (Wildman–Crippen LogP) is 2.76. The Morgan fingerprint density at radius 1 is 1.22 bits per heavy atom. The van der Waals surface area contributed by atoms with Crippen LogP contribution in [0.1, 0.15) is 25.3 Å². The zero-order valence-corrected chi connectivity index (χ0v) is 18.6. The molecule has 1 amide bonds. The molecule has 3 rings (SSSR count). The summed E-state index contributed by atoms with van der Waals surface area (Å²) in [6, 6.07) is 10.7. The van der Waals surface area contributed by atoms with Crippen LogP contribution in [-0.4, -0.2) is 56.5 Å². The van der Waals surface area contributed by atoms with Crippen LogP contribution in [0.3, 0.4) is 0 Å². The fourth-order valence-electron chi connectivity index (χ4n) is 3.17. The summed E-state index contributed by atoms with van der Waals surface area (Å²) in [5.41, 5.74) is 1.11. The third-order valence-electron chi connectivity index (χ3n) is 4.93. The maximum Gasteiger partial charge on any atom is 0.312 e. The molecule has 1 fully saturated rings. The number of carbonyl (C=O) groups is 1. The third kappa shape index (κ3) is 5.61. The van der Waals surface area contributed by atoms with Crippen LogP contribution in [-0.2, 0) is 19.6 Å². The van der Waals surface area contributed by atoms with Crippen LogP contribution in [0.5, 0.6) is 5.75 Å². The number of morpholine rings is 1. The molecule has 10 nitrogen and oxygen atoms in total. The minimum Gasteiger partial charge on any atom is -0.477 e. The van der Waals surface area contributed by atoms with E-state index in [1.165, 1.54) is 16.4 Å². The summed E-state index contributed by atoms with van der Waals surface area (Å²) < 4.78 is 37.2. The number of sulfonamides is 1. The van der Waals surface area contributed by atoms with Gasteiger partial charge in [0.15, 0.2) is 12.4 Å². The first kappa shape index (κ1) is 23.6. The van der Waals surface area contributed by atoms with Gasteiger partial charge in [-0.15, -0.1) is 0 Å². The summed E-state index contributed by atoms with van der Waals surface area (Å²) >= 11 is 0. The van der Waals surface area contributed by atoms with Gasteiger partial charge in [0.25, 0.3) is 5.91 Å². The van der Waals surface area contributed by atoms with E-state index in [9.17, 15) is 23.3 Å². The van der Waals surface area contributed by atoms with Crippen LogP contribution < -0.4 is 10.1 Å². The molecule has 0 saturated carbocycles. The van der Waals surface area contributed by atoms with Crippen molar-refractivity contribution in [3.8, 4) is 5.75 Å². The smallest absolute Gasteiger partial charge is 0.312 e. The Morgan fingerprint density at radius 3 is 2.59 bits per heavy atom. The maximum atomic E-state index is 12.8. The summed E-state index contributed by atoms with van der Waals surface area (Å²) in [6.45, 7) is 4.47. The zero-order valence-electron chi connectivity index (χ0n) is 17.8. The fraction of sp³-hybridized carbons (Fsp3) is 0.381. The second-order valence-corrected chi connectivity index (χ2v) is 9.46. The lowest BCUT2D eigenvalue weighted by molar-refractivity contribution is -0.386. The predicted molar refractivity (Wildman–Crippen MR) is 117 cm³/mol. The molecular formula is C21H25N3O7S. The summed E-state index contributed by atoms with van der Waals surface area (Å²) in [5, 5.41) is 14.2. The molecule has 0 unspecified atom stereocenters. The number of nitrogens with zero attached hydrogens (tertiary/aromatic N) is 2. The first-order valence-corrected chi connectivity index (χ1v) is 11.5. The van der Waals surface area contributed by atoms with Crippen molar-refractivity contribution in [2.75, 3.05) is 38.2 Å². The number of ether oxygens (including phenoxy) is 2. The molecule has 11 heteroatoms. The molecule has 1 aliphatic rings. The highest BCUT2D eigenvalue weighted by Gasteiger charge is 2.29. The second kappa shape index (κ2) is 10.1. The van der Waals surface area contributed by atoms with E-state index in [1.54, 1.807) is 6.07 Å². The molecule has 0 aromatic heterocycles. The van der Waals surface area contributed by atoms with Crippen molar-refractivity contribution in [3.05, 3.63) is 58.1 Å². The normalized spacial score (nSPS) is 14.8. The van der Waals surface area contributed by atoms with Gasteiger partial charge < -0.3 is 14.8 Å². The van der Waals surface area contributed by atoms with Gasteiger partial charge >= 0.3 is 5.69 Å². The standard InChI is InChI=1S/C21H25N3O7S/c1-15(2)16-4-3-5-17(12-16)22-21(25)14-31-20-7-6-18(13-19(20)24(26)27)32(28,29)23-8-10-30-11-9-23/h3-7,12-13,15H,8-11,14H2,1-2H3,(H,22,25). The van der Waals surface area contributed by atoms with Gasteiger partial charge in [0.1, 0.15) is 0 Å². The largest absolute Gasteiger partial charge is 0.477 e. The first-order valence-electron chi connectivity index (χ1n) is 10.1. The van der Waals surface area contributed by atoms with Gasteiger partial charge in [0, 0.05) is 24.8 Å². The minimum absolute atomic E-state index is 0.173. The maximum absolute atomic E-state index is 12.8. The van der Waals surface area contributed by atoms with E-state index in [2.05, 4.69) is 5.32 Å². The van der Waals surface area contributed by atoms with Gasteiger partial charge in [-0.05, 0) is 35.7 Å². The number of benzene rings is 2. The number of anilines is 1. The lowest BCUT2D eigenvalue weighted by Gasteiger charge is -2.26. The van der Waals surface area contributed by atoms with Crippen molar-refractivity contribution in [3.63, 3.8) is 0 Å². The number of nitro benzene ring substituents is 1. The monoisotopic (exact) mass is 463 g/mol. The van der Waals surface area contributed by atoms with Crippen LogP contribution in [0, 0.1) is 10.1 Å². The number of hydrogen-bond donors (Lipinski definition) is 1. The molecule has 2 aromatic carbocycles. The van der Waals surface area contributed by atoms with Crippen LogP contribution >= 0.6 is 0 Å². The molecule has 32 heavy (non-hydrogen) atoms. The van der Waals surface area contributed by atoms with Gasteiger partial charge in [-0.25, -0.2) is 8.42 Å². The number of carbonyl (C=O) groups excluding carboxylic acids is 1. The molecule has 0 bridgehead atoms. The Bertz CT molecular complexity index is 1100. The summed E-state index contributed by atoms with van der Waals surface area (Å²) in [5.74, 6) is -0.398. The number of hydrogen-bond acceptors (Lipinski definition) is 7. The molecule has 0 radical (unpaired) electrons. The lowest BCUT2D eigenvalue weighted by Crippen LogP contribution is -2.40. The molecule has 1 aliphatic heterocycles. The molecule has 172 valence electrons. The minimum atomic E-state index is -3.90. The number of nitrogens with one attached hydrogen (secondary N) is 1. The SMILES string of the molecule is CC(C)c1cccc(NC(=O)COc2ccc(S(=O)(=O)N3CCOCC3)cc2[N+](=O)[O-])c1. The highest BCUT2D eigenvalue weighted by atomic mass is 32.2. The molecule has 1 heterocycles. The molecule has 1 saturated heterocycles. The Morgan fingerprint density at radius 2 is 1.94 bits per heavy atom. The van der Waals surface area contributed by atoms with Crippen molar-refractivity contribution in [2.45, 2.75) is 24.7 Å². The zero-order chi connectivity index (χ0) is 23.3. The number of nitro groups is 1. The number of rotatable bonds is 8. The summed E-state index contributed by atoms with van der Waals surface area (Å²) in [6.07, 6.45) is 0. The molecule has 0 spiro atoms. The molecule has 2 aromatic rings. The Labute approximate surface area is 186 Å². The third-order valence-corrected chi connectivity index (χ3v) is 6.83. The molecule has 0 atom stereocenters. The van der Waals surface area contributed by atoms with E-state index in [4.69, 9.17) is 9.47 Å².